The van der Waals surface area contributed by atoms with Crippen LogP contribution in [-0.4, -0.2) is 6.54 Å². The van der Waals surface area contributed by atoms with Gasteiger partial charge in [0, 0.05) is 0 Å². The van der Waals surface area contributed by atoms with E-state index in [1.165, 1.54) is 12.8 Å². The van der Waals surface area contributed by atoms with Crippen molar-refractivity contribution < 1.29 is 4.42 Å². The van der Waals surface area contributed by atoms with Crippen molar-refractivity contribution in [3.05, 3.63) is 23.7 Å². The molecule has 0 amide bonds. The number of furan rings is 1. The molecule has 0 aliphatic carbocycles. The van der Waals surface area contributed by atoms with Gasteiger partial charge in [-0.3, -0.25) is 0 Å². The molecule has 1 heterocycles. The largest absolute Gasteiger partial charge is 0.465 e. The molecule has 1 aromatic rings. The lowest BCUT2D eigenvalue weighted by Crippen LogP contribution is -2.16. The molecular formula is C13H23NO. The van der Waals surface area contributed by atoms with Gasteiger partial charge in [0.25, 0.3) is 0 Å². The number of nitrogens with one attached hydrogen (secondary N) is 1. The summed E-state index contributed by atoms with van der Waals surface area (Å²) in [5.41, 5.74) is 0.447. The zero-order valence-corrected chi connectivity index (χ0v) is 10.4. The number of aryl methyl sites for hydroxylation is 1. The molecule has 0 atom stereocenters. The molecule has 0 saturated heterocycles. The maximum atomic E-state index is 5.47. The van der Waals surface area contributed by atoms with Gasteiger partial charge in [-0.1, -0.05) is 20.8 Å². The standard InChI is InChI=1S/C13H23NO/c1-11-6-7-12(15-11)10-14-9-5-8-13(2,3)4/h6-7,14H,5,8-10H2,1-4H3. The first kappa shape index (κ1) is 12.3. The van der Waals surface area contributed by atoms with Gasteiger partial charge in [-0.2, -0.15) is 0 Å². The number of hydrogen-bond donors (Lipinski definition) is 1. The molecule has 0 unspecified atom stereocenters. The Balaban J connectivity index is 2.07. The molecule has 1 aromatic heterocycles. The minimum Gasteiger partial charge on any atom is -0.465 e. The fourth-order valence-corrected chi connectivity index (χ4v) is 1.54. The van der Waals surface area contributed by atoms with Crippen molar-refractivity contribution in [3.63, 3.8) is 0 Å². The second-order valence-electron chi connectivity index (χ2n) is 5.35. The van der Waals surface area contributed by atoms with E-state index in [9.17, 15) is 0 Å². The van der Waals surface area contributed by atoms with E-state index >= 15 is 0 Å². The van der Waals surface area contributed by atoms with Gasteiger partial charge in [-0.05, 0) is 43.9 Å². The normalized spacial score (nSPS) is 12.0. The van der Waals surface area contributed by atoms with Crippen LogP contribution in [0.15, 0.2) is 16.5 Å². The van der Waals surface area contributed by atoms with Crippen LogP contribution < -0.4 is 5.32 Å². The van der Waals surface area contributed by atoms with Crippen LogP contribution in [0.1, 0.15) is 45.1 Å². The second-order valence-corrected chi connectivity index (χ2v) is 5.35. The molecule has 0 aliphatic heterocycles. The zero-order chi connectivity index (χ0) is 11.3. The minimum absolute atomic E-state index is 0.447. The fraction of sp³-hybridized carbons (Fsp3) is 0.692. The molecule has 0 fully saturated rings. The lowest BCUT2D eigenvalue weighted by atomic mass is 9.91. The Morgan fingerprint density at radius 2 is 2.00 bits per heavy atom. The van der Waals surface area contributed by atoms with Crippen molar-refractivity contribution in [2.45, 2.75) is 47.1 Å². The van der Waals surface area contributed by atoms with Gasteiger partial charge < -0.3 is 9.73 Å². The Kier molecular flexibility index (Phi) is 4.40. The summed E-state index contributed by atoms with van der Waals surface area (Å²) in [6, 6.07) is 4.04. The maximum Gasteiger partial charge on any atom is 0.117 e. The summed E-state index contributed by atoms with van der Waals surface area (Å²) in [6.07, 6.45) is 2.49. The van der Waals surface area contributed by atoms with Crippen LogP contribution in [0.2, 0.25) is 0 Å². The monoisotopic (exact) mass is 209 g/mol. The number of hydrogen-bond acceptors (Lipinski definition) is 2. The van der Waals surface area contributed by atoms with Crippen molar-refractivity contribution in [1.82, 2.24) is 5.32 Å². The van der Waals surface area contributed by atoms with Gasteiger partial charge in [0.2, 0.25) is 0 Å². The third kappa shape index (κ3) is 5.63. The maximum absolute atomic E-state index is 5.47. The summed E-state index contributed by atoms with van der Waals surface area (Å²) >= 11 is 0. The molecule has 0 aromatic carbocycles. The lowest BCUT2D eigenvalue weighted by molar-refractivity contribution is 0.358. The molecule has 15 heavy (non-hydrogen) atoms. The van der Waals surface area contributed by atoms with E-state index in [0.29, 0.717) is 5.41 Å². The van der Waals surface area contributed by atoms with Crippen molar-refractivity contribution in [1.29, 1.82) is 0 Å². The van der Waals surface area contributed by atoms with E-state index in [2.05, 4.69) is 26.1 Å². The van der Waals surface area contributed by atoms with Crippen molar-refractivity contribution >= 4 is 0 Å². The summed E-state index contributed by atoms with van der Waals surface area (Å²) in [6.45, 7) is 10.7. The van der Waals surface area contributed by atoms with Gasteiger partial charge in [0.15, 0.2) is 0 Å². The van der Waals surface area contributed by atoms with Crippen LogP contribution in [0.4, 0.5) is 0 Å². The van der Waals surface area contributed by atoms with Gasteiger partial charge in [0.05, 0.1) is 6.54 Å². The predicted molar refractivity (Wildman–Crippen MR) is 63.8 cm³/mol. The Morgan fingerprint density at radius 1 is 1.27 bits per heavy atom. The van der Waals surface area contributed by atoms with E-state index < -0.39 is 0 Å². The van der Waals surface area contributed by atoms with E-state index in [0.717, 1.165) is 24.6 Å². The van der Waals surface area contributed by atoms with Gasteiger partial charge in [0.1, 0.15) is 11.5 Å². The van der Waals surface area contributed by atoms with Crippen molar-refractivity contribution in [2.24, 2.45) is 5.41 Å². The summed E-state index contributed by atoms with van der Waals surface area (Å²) in [4.78, 5) is 0. The first-order valence-electron chi connectivity index (χ1n) is 5.73. The zero-order valence-electron chi connectivity index (χ0n) is 10.4. The summed E-state index contributed by atoms with van der Waals surface area (Å²) < 4.78 is 5.47. The highest BCUT2D eigenvalue weighted by molar-refractivity contribution is 5.04. The second kappa shape index (κ2) is 5.36. The highest BCUT2D eigenvalue weighted by atomic mass is 16.3. The van der Waals surface area contributed by atoms with E-state index in [1.807, 2.05) is 19.1 Å². The van der Waals surface area contributed by atoms with Crippen LogP contribution in [0.25, 0.3) is 0 Å². The van der Waals surface area contributed by atoms with Crippen molar-refractivity contribution in [2.75, 3.05) is 6.54 Å². The Morgan fingerprint density at radius 3 is 2.53 bits per heavy atom. The average Bonchev–Trinajstić information content (AvgIpc) is 2.49. The lowest BCUT2D eigenvalue weighted by Gasteiger charge is -2.17. The van der Waals surface area contributed by atoms with Crippen LogP contribution in [0, 0.1) is 12.3 Å². The Bertz CT molecular complexity index is 283. The Hall–Kier alpha value is -0.760. The van der Waals surface area contributed by atoms with Crippen molar-refractivity contribution in [3.8, 4) is 0 Å². The highest BCUT2D eigenvalue weighted by Crippen LogP contribution is 2.19. The van der Waals surface area contributed by atoms with Gasteiger partial charge >= 0.3 is 0 Å². The first-order valence-corrected chi connectivity index (χ1v) is 5.73. The molecule has 0 saturated carbocycles. The molecule has 1 rings (SSSR count). The molecule has 2 nitrogen and oxygen atoms in total. The smallest absolute Gasteiger partial charge is 0.117 e. The van der Waals surface area contributed by atoms with Crippen LogP contribution in [0.3, 0.4) is 0 Å². The van der Waals surface area contributed by atoms with Crippen LogP contribution in [0.5, 0.6) is 0 Å². The summed E-state index contributed by atoms with van der Waals surface area (Å²) in [5.74, 6) is 2.02. The Labute approximate surface area is 93.1 Å². The molecule has 0 radical (unpaired) electrons. The van der Waals surface area contributed by atoms with E-state index in [-0.39, 0.29) is 0 Å². The first-order chi connectivity index (χ1) is 6.97. The number of rotatable bonds is 5. The molecule has 0 aliphatic rings. The van der Waals surface area contributed by atoms with Gasteiger partial charge in [-0.15, -0.1) is 0 Å². The van der Waals surface area contributed by atoms with Crippen LogP contribution >= 0.6 is 0 Å². The molecule has 2 heteroatoms. The average molecular weight is 209 g/mol. The van der Waals surface area contributed by atoms with E-state index in [1.54, 1.807) is 0 Å². The topological polar surface area (TPSA) is 25.2 Å². The third-order valence-electron chi connectivity index (χ3n) is 2.38. The van der Waals surface area contributed by atoms with Crippen LogP contribution in [-0.2, 0) is 6.54 Å². The van der Waals surface area contributed by atoms with Gasteiger partial charge in [-0.25, -0.2) is 0 Å². The molecule has 0 bridgehead atoms. The van der Waals surface area contributed by atoms with E-state index in [4.69, 9.17) is 4.42 Å². The molecule has 1 N–H and O–H groups in total. The SMILES string of the molecule is Cc1ccc(CNCCCC(C)(C)C)o1. The third-order valence-corrected chi connectivity index (χ3v) is 2.38. The minimum atomic E-state index is 0.447. The molecular weight excluding hydrogens is 186 g/mol. The molecule has 0 spiro atoms. The highest BCUT2D eigenvalue weighted by Gasteiger charge is 2.08. The fourth-order valence-electron chi connectivity index (χ4n) is 1.54. The summed E-state index contributed by atoms with van der Waals surface area (Å²) in [5, 5.41) is 3.39. The predicted octanol–water partition coefficient (Wildman–Crippen LogP) is 3.50. The summed E-state index contributed by atoms with van der Waals surface area (Å²) in [7, 11) is 0. The molecule has 86 valence electrons. The quantitative estimate of drug-likeness (QED) is 0.751.